The summed E-state index contributed by atoms with van der Waals surface area (Å²) in [6.07, 6.45) is 0.989. The molecule has 0 radical (unpaired) electrons. The van der Waals surface area contributed by atoms with Crippen LogP contribution in [-0.2, 0) is 17.9 Å². The Labute approximate surface area is 110 Å². The van der Waals surface area contributed by atoms with E-state index in [1.807, 2.05) is 12.1 Å². The van der Waals surface area contributed by atoms with E-state index in [0.717, 1.165) is 13.0 Å². The van der Waals surface area contributed by atoms with E-state index in [0.29, 0.717) is 12.5 Å². The Morgan fingerprint density at radius 2 is 1.89 bits per heavy atom. The standard InChI is InChI=1S/C15H25NO2/c1-12(2)8-15(10-17)16-9-13-6-4-5-7-14(13)11-18-3/h4-7,12,15-17H,8-11H2,1-3H3. The maximum Gasteiger partial charge on any atom is 0.0716 e. The van der Waals surface area contributed by atoms with Crippen molar-refractivity contribution in [3.8, 4) is 0 Å². The zero-order valence-corrected chi connectivity index (χ0v) is 11.6. The van der Waals surface area contributed by atoms with Gasteiger partial charge in [-0.1, -0.05) is 38.1 Å². The van der Waals surface area contributed by atoms with Crippen molar-refractivity contribution in [3.63, 3.8) is 0 Å². The SMILES string of the molecule is COCc1ccccc1CNC(CO)CC(C)C. The minimum absolute atomic E-state index is 0.167. The number of rotatable bonds is 8. The molecule has 0 bridgehead atoms. The van der Waals surface area contributed by atoms with Gasteiger partial charge in [-0.2, -0.15) is 0 Å². The van der Waals surface area contributed by atoms with Crippen molar-refractivity contribution in [1.82, 2.24) is 5.32 Å². The van der Waals surface area contributed by atoms with Crippen LogP contribution in [0.15, 0.2) is 24.3 Å². The summed E-state index contributed by atoms with van der Waals surface area (Å²) < 4.78 is 5.19. The van der Waals surface area contributed by atoms with Crippen molar-refractivity contribution in [2.75, 3.05) is 13.7 Å². The van der Waals surface area contributed by atoms with E-state index in [-0.39, 0.29) is 12.6 Å². The van der Waals surface area contributed by atoms with Gasteiger partial charge in [-0.15, -0.1) is 0 Å². The van der Waals surface area contributed by atoms with Crippen molar-refractivity contribution in [2.45, 2.75) is 39.5 Å². The number of hydrogen-bond donors (Lipinski definition) is 2. The van der Waals surface area contributed by atoms with Gasteiger partial charge < -0.3 is 15.2 Å². The Kier molecular flexibility index (Phi) is 6.94. The van der Waals surface area contributed by atoms with Crippen LogP contribution in [0.2, 0.25) is 0 Å². The van der Waals surface area contributed by atoms with Gasteiger partial charge >= 0.3 is 0 Å². The molecule has 0 saturated heterocycles. The molecule has 1 atom stereocenters. The van der Waals surface area contributed by atoms with Gasteiger partial charge in [0.25, 0.3) is 0 Å². The zero-order valence-electron chi connectivity index (χ0n) is 11.6. The minimum atomic E-state index is 0.167. The first kappa shape index (κ1) is 15.2. The number of aliphatic hydroxyl groups is 1. The number of benzene rings is 1. The van der Waals surface area contributed by atoms with Crippen LogP contribution < -0.4 is 5.32 Å². The maximum absolute atomic E-state index is 9.34. The van der Waals surface area contributed by atoms with Gasteiger partial charge in [-0.3, -0.25) is 0 Å². The van der Waals surface area contributed by atoms with E-state index in [9.17, 15) is 5.11 Å². The van der Waals surface area contributed by atoms with Crippen molar-refractivity contribution in [3.05, 3.63) is 35.4 Å². The Balaban J connectivity index is 2.55. The summed E-state index contributed by atoms with van der Waals surface area (Å²) >= 11 is 0. The molecular formula is C15H25NO2. The van der Waals surface area contributed by atoms with Gasteiger partial charge in [0.1, 0.15) is 0 Å². The third kappa shape index (κ3) is 5.17. The number of nitrogens with one attached hydrogen (secondary N) is 1. The minimum Gasteiger partial charge on any atom is -0.395 e. The van der Waals surface area contributed by atoms with Crippen molar-refractivity contribution < 1.29 is 9.84 Å². The quantitative estimate of drug-likeness (QED) is 0.745. The lowest BCUT2D eigenvalue weighted by molar-refractivity contribution is 0.183. The van der Waals surface area contributed by atoms with Gasteiger partial charge in [0.2, 0.25) is 0 Å². The fraction of sp³-hybridized carbons (Fsp3) is 0.600. The van der Waals surface area contributed by atoms with E-state index >= 15 is 0 Å². The largest absolute Gasteiger partial charge is 0.395 e. The van der Waals surface area contributed by atoms with Crippen molar-refractivity contribution in [1.29, 1.82) is 0 Å². The average Bonchev–Trinajstić information content (AvgIpc) is 2.36. The first-order chi connectivity index (χ1) is 8.67. The predicted molar refractivity (Wildman–Crippen MR) is 74.3 cm³/mol. The molecule has 0 amide bonds. The van der Waals surface area contributed by atoms with E-state index in [4.69, 9.17) is 4.74 Å². The van der Waals surface area contributed by atoms with Gasteiger partial charge in [-0.05, 0) is 23.5 Å². The van der Waals surface area contributed by atoms with E-state index in [2.05, 4.69) is 31.3 Å². The summed E-state index contributed by atoms with van der Waals surface area (Å²) in [7, 11) is 1.71. The molecule has 3 heteroatoms. The molecule has 1 unspecified atom stereocenters. The van der Waals surface area contributed by atoms with Crippen LogP contribution in [0.25, 0.3) is 0 Å². The summed E-state index contributed by atoms with van der Waals surface area (Å²) in [6.45, 7) is 5.93. The van der Waals surface area contributed by atoms with Crippen LogP contribution >= 0.6 is 0 Å². The molecule has 0 spiro atoms. The highest BCUT2D eigenvalue weighted by Gasteiger charge is 2.10. The van der Waals surface area contributed by atoms with Gasteiger partial charge in [0, 0.05) is 19.7 Å². The molecular weight excluding hydrogens is 226 g/mol. The van der Waals surface area contributed by atoms with Crippen LogP contribution in [-0.4, -0.2) is 24.9 Å². The predicted octanol–water partition coefficient (Wildman–Crippen LogP) is 2.33. The maximum atomic E-state index is 9.34. The molecule has 18 heavy (non-hydrogen) atoms. The number of ether oxygens (including phenoxy) is 1. The lowest BCUT2D eigenvalue weighted by atomic mass is 10.0. The van der Waals surface area contributed by atoms with E-state index in [1.165, 1.54) is 11.1 Å². The molecule has 2 N–H and O–H groups in total. The summed E-state index contributed by atoms with van der Waals surface area (Å²) in [5.41, 5.74) is 2.44. The van der Waals surface area contributed by atoms with Crippen molar-refractivity contribution in [2.24, 2.45) is 5.92 Å². The zero-order chi connectivity index (χ0) is 13.4. The fourth-order valence-corrected chi connectivity index (χ4v) is 2.07. The monoisotopic (exact) mass is 251 g/mol. The number of methoxy groups -OCH3 is 1. The molecule has 0 aliphatic heterocycles. The normalized spacial score (nSPS) is 12.9. The highest BCUT2D eigenvalue weighted by molar-refractivity contribution is 5.26. The lowest BCUT2D eigenvalue weighted by Crippen LogP contribution is -2.33. The van der Waals surface area contributed by atoms with E-state index < -0.39 is 0 Å². The molecule has 0 aliphatic carbocycles. The fourth-order valence-electron chi connectivity index (χ4n) is 2.07. The van der Waals surface area contributed by atoms with Crippen LogP contribution in [0.3, 0.4) is 0 Å². The molecule has 0 saturated carbocycles. The van der Waals surface area contributed by atoms with Crippen molar-refractivity contribution >= 4 is 0 Å². The Bertz CT molecular complexity index is 339. The molecule has 1 aromatic rings. The highest BCUT2D eigenvalue weighted by atomic mass is 16.5. The smallest absolute Gasteiger partial charge is 0.0716 e. The van der Waals surface area contributed by atoms with Gasteiger partial charge in [0.05, 0.1) is 13.2 Å². The van der Waals surface area contributed by atoms with Gasteiger partial charge in [-0.25, -0.2) is 0 Å². The molecule has 102 valence electrons. The number of hydrogen-bond acceptors (Lipinski definition) is 3. The second-order valence-electron chi connectivity index (χ2n) is 5.09. The summed E-state index contributed by atoms with van der Waals surface area (Å²) in [5, 5.41) is 12.7. The molecule has 0 fully saturated rings. The van der Waals surface area contributed by atoms with E-state index in [1.54, 1.807) is 7.11 Å². The summed E-state index contributed by atoms with van der Waals surface area (Å²) in [5.74, 6) is 0.587. The van der Waals surface area contributed by atoms with Crippen LogP contribution in [0, 0.1) is 5.92 Å². The van der Waals surface area contributed by atoms with Crippen LogP contribution in [0.1, 0.15) is 31.4 Å². The van der Waals surface area contributed by atoms with Gasteiger partial charge in [0.15, 0.2) is 0 Å². The summed E-state index contributed by atoms with van der Waals surface area (Å²) in [6, 6.07) is 8.41. The Morgan fingerprint density at radius 3 is 2.44 bits per heavy atom. The van der Waals surface area contributed by atoms with Crippen LogP contribution in [0.5, 0.6) is 0 Å². The third-order valence-corrected chi connectivity index (χ3v) is 2.98. The molecule has 1 rings (SSSR count). The Morgan fingerprint density at radius 1 is 1.22 bits per heavy atom. The molecule has 3 nitrogen and oxygen atoms in total. The third-order valence-electron chi connectivity index (χ3n) is 2.98. The molecule has 0 aromatic heterocycles. The lowest BCUT2D eigenvalue weighted by Gasteiger charge is -2.19. The molecule has 0 heterocycles. The first-order valence-corrected chi connectivity index (χ1v) is 6.57. The summed E-state index contributed by atoms with van der Waals surface area (Å²) in [4.78, 5) is 0. The second kappa shape index (κ2) is 8.25. The first-order valence-electron chi connectivity index (χ1n) is 6.57. The average molecular weight is 251 g/mol. The molecule has 0 aliphatic rings. The topological polar surface area (TPSA) is 41.5 Å². The van der Waals surface area contributed by atoms with Crippen LogP contribution in [0.4, 0.5) is 0 Å². The second-order valence-corrected chi connectivity index (χ2v) is 5.09. The highest BCUT2D eigenvalue weighted by Crippen LogP contribution is 2.11. The number of aliphatic hydroxyl groups excluding tert-OH is 1. The Hall–Kier alpha value is -0.900. The molecule has 1 aromatic carbocycles.